The standard InChI is InChI=1S/C23H21N5O4S/c1-31-16-8-9-18(19(11-16)32-2)25-20(29)10-15-13-33-23-26-21-17(22(30)27(15)23)12-24-28(21)14-6-4-3-5-7-14/h3-9,11-12,15H,10,13H2,1-2H3,(H,25,29). The fourth-order valence-electron chi connectivity index (χ4n) is 3.86. The van der Waals surface area contributed by atoms with Crippen molar-refractivity contribution in [1.29, 1.82) is 0 Å². The lowest BCUT2D eigenvalue weighted by atomic mass is 10.2. The highest BCUT2D eigenvalue weighted by Crippen LogP contribution is 2.34. The van der Waals surface area contributed by atoms with Gasteiger partial charge >= 0.3 is 0 Å². The predicted octanol–water partition coefficient (Wildman–Crippen LogP) is 3.28. The molecule has 1 aliphatic heterocycles. The highest BCUT2D eigenvalue weighted by Gasteiger charge is 2.29. The first-order valence-corrected chi connectivity index (χ1v) is 11.3. The van der Waals surface area contributed by atoms with Crippen LogP contribution in [0.25, 0.3) is 16.7 Å². The summed E-state index contributed by atoms with van der Waals surface area (Å²) < 4.78 is 13.8. The fourth-order valence-corrected chi connectivity index (χ4v) is 4.99. The number of carbonyl (C=O) groups excluding carboxylic acids is 1. The Bertz CT molecular complexity index is 1400. The van der Waals surface area contributed by atoms with Crippen LogP contribution in [0.1, 0.15) is 12.5 Å². The number of anilines is 1. The maximum absolute atomic E-state index is 13.3. The van der Waals surface area contributed by atoms with Crippen molar-refractivity contribution in [3.05, 3.63) is 65.1 Å². The van der Waals surface area contributed by atoms with Crippen LogP contribution in [0.15, 0.2) is 64.7 Å². The van der Waals surface area contributed by atoms with E-state index >= 15 is 0 Å². The number of para-hydroxylation sites is 1. The van der Waals surface area contributed by atoms with Gasteiger partial charge in [0.1, 0.15) is 16.9 Å². The summed E-state index contributed by atoms with van der Waals surface area (Å²) in [6.07, 6.45) is 1.67. The van der Waals surface area contributed by atoms with Crippen molar-refractivity contribution in [2.75, 3.05) is 25.3 Å². The number of nitrogens with one attached hydrogen (secondary N) is 1. The van der Waals surface area contributed by atoms with Crippen LogP contribution in [0.4, 0.5) is 5.69 Å². The van der Waals surface area contributed by atoms with Gasteiger partial charge in [-0.3, -0.25) is 14.2 Å². The number of carbonyl (C=O) groups is 1. The number of benzene rings is 2. The molecule has 0 radical (unpaired) electrons. The Hall–Kier alpha value is -3.79. The number of methoxy groups -OCH3 is 2. The van der Waals surface area contributed by atoms with E-state index in [0.29, 0.717) is 39.1 Å². The van der Waals surface area contributed by atoms with E-state index in [1.54, 1.807) is 34.6 Å². The second-order valence-electron chi connectivity index (χ2n) is 7.48. The van der Waals surface area contributed by atoms with Gasteiger partial charge in [0.25, 0.3) is 5.56 Å². The van der Waals surface area contributed by atoms with Gasteiger partial charge in [-0.2, -0.15) is 5.10 Å². The van der Waals surface area contributed by atoms with E-state index in [9.17, 15) is 9.59 Å². The van der Waals surface area contributed by atoms with Gasteiger partial charge < -0.3 is 14.8 Å². The highest BCUT2D eigenvalue weighted by molar-refractivity contribution is 7.99. The molecule has 3 heterocycles. The summed E-state index contributed by atoms with van der Waals surface area (Å²) in [5.74, 6) is 1.49. The Morgan fingerprint density at radius 3 is 2.76 bits per heavy atom. The molecule has 0 spiro atoms. The summed E-state index contributed by atoms with van der Waals surface area (Å²) in [6, 6.07) is 14.4. The minimum Gasteiger partial charge on any atom is -0.497 e. The molecule has 1 atom stereocenters. The minimum absolute atomic E-state index is 0.134. The van der Waals surface area contributed by atoms with Crippen molar-refractivity contribution in [1.82, 2.24) is 19.3 Å². The summed E-state index contributed by atoms with van der Waals surface area (Å²) in [5, 5.41) is 8.25. The van der Waals surface area contributed by atoms with Crippen LogP contribution in [0.3, 0.4) is 0 Å². The van der Waals surface area contributed by atoms with E-state index < -0.39 is 0 Å². The van der Waals surface area contributed by atoms with Crippen molar-refractivity contribution in [3.63, 3.8) is 0 Å². The first-order valence-electron chi connectivity index (χ1n) is 10.3. The van der Waals surface area contributed by atoms with Crippen molar-refractivity contribution in [2.45, 2.75) is 17.6 Å². The van der Waals surface area contributed by atoms with Gasteiger partial charge in [-0.25, -0.2) is 9.67 Å². The van der Waals surface area contributed by atoms with Crippen LogP contribution in [0.2, 0.25) is 0 Å². The van der Waals surface area contributed by atoms with Crippen LogP contribution < -0.4 is 20.3 Å². The lowest BCUT2D eigenvalue weighted by Gasteiger charge is -2.15. The van der Waals surface area contributed by atoms with Gasteiger partial charge in [0.15, 0.2) is 10.8 Å². The molecule has 5 rings (SSSR count). The number of thioether (sulfide) groups is 1. The Balaban J connectivity index is 1.41. The molecule has 4 aromatic rings. The molecule has 0 saturated heterocycles. The molecule has 1 unspecified atom stereocenters. The molecule has 1 N–H and O–H groups in total. The number of aromatic nitrogens is 4. The molecular formula is C23H21N5O4S. The smallest absolute Gasteiger partial charge is 0.265 e. The normalized spacial score (nSPS) is 14.8. The molecule has 1 amide bonds. The first-order chi connectivity index (χ1) is 16.1. The summed E-state index contributed by atoms with van der Waals surface area (Å²) >= 11 is 1.46. The molecule has 33 heavy (non-hydrogen) atoms. The zero-order valence-electron chi connectivity index (χ0n) is 18.0. The van der Waals surface area contributed by atoms with Crippen LogP contribution in [-0.2, 0) is 4.79 Å². The number of ether oxygens (including phenoxy) is 2. The number of rotatable bonds is 6. The van der Waals surface area contributed by atoms with Crippen LogP contribution in [0.5, 0.6) is 11.5 Å². The zero-order valence-corrected chi connectivity index (χ0v) is 18.8. The Kier molecular flexibility index (Phi) is 5.51. The molecule has 0 aliphatic carbocycles. The maximum Gasteiger partial charge on any atom is 0.265 e. The van der Waals surface area contributed by atoms with Gasteiger partial charge in [0.05, 0.1) is 37.8 Å². The monoisotopic (exact) mass is 463 g/mol. The molecule has 10 heteroatoms. The van der Waals surface area contributed by atoms with Gasteiger partial charge in [-0.05, 0) is 24.3 Å². The SMILES string of the molecule is COc1ccc(NC(=O)CC2CSc3nc4c(cnn4-c4ccccc4)c(=O)n32)c(OC)c1. The average Bonchev–Trinajstić information content (AvgIpc) is 3.45. The average molecular weight is 464 g/mol. The van der Waals surface area contributed by atoms with Gasteiger partial charge in [0.2, 0.25) is 5.91 Å². The van der Waals surface area contributed by atoms with Gasteiger partial charge in [0, 0.05) is 18.2 Å². The molecule has 168 valence electrons. The summed E-state index contributed by atoms with van der Waals surface area (Å²) in [6.45, 7) is 0. The number of amides is 1. The predicted molar refractivity (Wildman–Crippen MR) is 126 cm³/mol. The molecule has 0 bridgehead atoms. The lowest BCUT2D eigenvalue weighted by Crippen LogP contribution is -2.27. The minimum atomic E-state index is -0.307. The Morgan fingerprint density at radius 1 is 1.18 bits per heavy atom. The molecule has 0 saturated carbocycles. The van der Waals surface area contributed by atoms with Crippen LogP contribution in [0, 0.1) is 0 Å². The zero-order chi connectivity index (χ0) is 22.9. The topological polar surface area (TPSA) is 100 Å². The Morgan fingerprint density at radius 2 is 2.00 bits per heavy atom. The quantitative estimate of drug-likeness (QED) is 0.438. The third kappa shape index (κ3) is 3.82. The van der Waals surface area contributed by atoms with Crippen LogP contribution in [-0.4, -0.2) is 45.2 Å². The summed E-state index contributed by atoms with van der Waals surface area (Å²) in [4.78, 5) is 30.8. The number of fused-ring (bicyclic) bond motifs is 2. The second kappa shape index (κ2) is 8.62. The van der Waals surface area contributed by atoms with Crippen molar-refractivity contribution >= 4 is 34.4 Å². The fraction of sp³-hybridized carbons (Fsp3) is 0.217. The summed E-state index contributed by atoms with van der Waals surface area (Å²) in [7, 11) is 3.09. The van der Waals surface area contributed by atoms with Crippen molar-refractivity contribution < 1.29 is 14.3 Å². The molecule has 2 aromatic heterocycles. The molecular weight excluding hydrogens is 442 g/mol. The Labute approximate surface area is 193 Å². The largest absolute Gasteiger partial charge is 0.497 e. The van der Waals surface area contributed by atoms with Crippen molar-refractivity contribution in [3.8, 4) is 17.2 Å². The number of hydrogen-bond acceptors (Lipinski definition) is 7. The van der Waals surface area contributed by atoms with Gasteiger partial charge in [-0.15, -0.1) is 0 Å². The number of nitrogens with zero attached hydrogens (tertiary/aromatic N) is 4. The number of hydrogen-bond donors (Lipinski definition) is 1. The molecule has 2 aromatic carbocycles. The van der Waals surface area contributed by atoms with E-state index in [1.807, 2.05) is 30.3 Å². The van der Waals surface area contributed by atoms with Crippen LogP contribution >= 0.6 is 11.8 Å². The summed E-state index contributed by atoms with van der Waals surface area (Å²) in [5.41, 5.74) is 1.69. The maximum atomic E-state index is 13.3. The molecule has 9 nitrogen and oxygen atoms in total. The van der Waals surface area contributed by atoms with E-state index in [2.05, 4.69) is 10.4 Å². The van der Waals surface area contributed by atoms with Crippen molar-refractivity contribution in [2.24, 2.45) is 0 Å². The molecule has 0 fully saturated rings. The third-order valence-electron chi connectivity index (χ3n) is 5.48. The third-order valence-corrected chi connectivity index (χ3v) is 6.57. The highest BCUT2D eigenvalue weighted by atomic mass is 32.2. The lowest BCUT2D eigenvalue weighted by molar-refractivity contribution is -0.116. The van der Waals surface area contributed by atoms with E-state index in [1.165, 1.54) is 25.1 Å². The van der Waals surface area contributed by atoms with E-state index in [4.69, 9.17) is 14.5 Å². The second-order valence-corrected chi connectivity index (χ2v) is 8.47. The van der Waals surface area contributed by atoms with E-state index in [0.717, 1.165) is 5.69 Å². The van der Waals surface area contributed by atoms with Gasteiger partial charge in [-0.1, -0.05) is 30.0 Å². The van der Waals surface area contributed by atoms with E-state index in [-0.39, 0.29) is 23.9 Å². The first kappa shape index (κ1) is 21.1. The molecule has 1 aliphatic rings.